The van der Waals surface area contributed by atoms with Crippen molar-refractivity contribution in [2.45, 2.75) is 33.3 Å². The van der Waals surface area contributed by atoms with Crippen molar-refractivity contribution in [1.82, 2.24) is 0 Å². The molecule has 0 aliphatic rings. The van der Waals surface area contributed by atoms with Crippen molar-refractivity contribution in [2.24, 2.45) is 5.92 Å². The Hall–Kier alpha value is -0.700. The van der Waals surface area contributed by atoms with Crippen LogP contribution in [0.3, 0.4) is 0 Å². The van der Waals surface area contributed by atoms with Gasteiger partial charge in [-0.1, -0.05) is 13.8 Å². The van der Waals surface area contributed by atoms with Gasteiger partial charge in [-0.25, -0.2) is 0 Å². The van der Waals surface area contributed by atoms with Gasteiger partial charge in [-0.05, 0) is 53.4 Å². The van der Waals surface area contributed by atoms with Gasteiger partial charge in [-0.2, -0.15) is 0 Å². The first-order valence-electron chi connectivity index (χ1n) is 5.20. The Kier molecular flexibility index (Phi) is 4.45. The van der Waals surface area contributed by atoms with E-state index in [4.69, 9.17) is 10.5 Å². The molecule has 1 atom stereocenters. The van der Waals surface area contributed by atoms with Gasteiger partial charge in [0.25, 0.3) is 0 Å². The molecule has 84 valence electrons. The Labute approximate surface area is 99.9 Å². The second-order valence-electron chi connectivity index (χ2n) is 4.25. The van der Waals surface area contributed by atoms with E-state index in [0.717, 1.165) is 22.3 Å². The molecule has 0 spiro atoms. The number of nitrogen functional groups attached to an aromatic ring is 1. The molecule has 1 aromatic carbocycles. The number of ether oxygens (including phenoxy) is 1. The monoisotopic (exact) mass is 271 g/mol. The minimum absolute atomic E-state index is 0.227. The van der Waals surface area contributed by atoms with E-state index in [2.05, 4.69) is 36.7 Å². The number of rotatable bonds is 4. The Balaban J connectivity index is 2.64. The molecule has 0 radical (unpaired) electrons. The van der Waals surface area contributed by atoms with Crippen molar-refractivity contribution >= 4 is 21.6 Å². The van der Waals surface area contributed by atoms with Crippen molar-refractivity contribution in [3.63, 3.8) is 0 Å². The summed E-state index contributed by atoms with van der Waals surface area (Å²) < 4.78 is 6.72. The lowest BCUT2D eigenvalue weighted by molar-refractivity contribution is 0.192. The van der Waals surface area contributed by atoms with Crippen LogP contribution in [-0.4, -0.2) is 6.10 Å². The Morgan fingerprint density at radius 2 is 2.00 bits per heavy atom. The van der Waals surface area contributed by atoms with Gasteiger partial charge in [0.1, 0.15) is 5.75 Å². The summed E-state index contributed by atoms with van der Waals surface area (Å²) in [6, 6.07) is 5.61. The maximum Gasteiger partial charge on any atom is 0.134 e. The Morgan fingerprint density at radius 1 is 1.33 bits per heavy atom. The molecular formula is C12H18BrNO. The van der Waals surface area contributed by atoms with Crippen molar-refractivity contribution in [2.75, 3.05) is 5.73 Å². The summed E-state index contributed by atoms with van der Waals surface area (Å²) >= 11 is 3.44. The van der Waals surface area contributed by atoms with E-state index in [1.54, 1.807) is 0 Å². The van der Waals surface area contributed by atoms with E-state index in [-0.39, 0.29) is 6.10 Å². The molecule has 0 aromatic heterocycles. The first kappa shape index (κ1) is 12.4. The molecule has 0 saturated heterocycles. The maximum absolute atomic E-state index is 5.81. The normalized spacial score (nSPS) is 12.9. The quantitative estimate of drug-likeness (QED) is 0.845. The standard InChI is InChI=1S/C12H18BrNO/c1-8(2)6-9(3)15-12-5-4-10(14)7-11(12)13/h4-5,7-9H,6,14H2,1-3H3. The molecule has 2 N–H and O–H groups in total. The van der Waals surface area contributed by atoms with Crippen LogP contribution < -0.4 is 10.5 Å². The zero-order valence-electron chi connectivity index (χ0n) is 9.46. The highest BCUT2D eigenvalue weighted by atomic mass is 79.9. The molecule has 15 heavy (non-hydrogen) atoms. The SMILES string of the molecule is CC(C)CC(C)Oc1ccc(N)cc1Br. The summed E-state index contributed by atoms with van der Waals surface area (Å²) in [5.74, 6) is 1.50. The largest absolute Gasteiger partial charge is 0.490 e. The van der Waals surface area contributed by atoms with Crippen LogP contribution in [-0.2, 0) is 0 Å². The van der Waals surface area contributed by atoms with E-state index < -0.39 is 0 Å². The summed E-state index contributed by atoms with van der Waals surface area (Å²) in [4.78, 5) is 0. The molecule has 0 heterocycles. The van der Waals surface area contributed by atoms with E-state index >= 15 is 0 Å². The number of anilines is 1. The number of hydrogen-bond acceptors (Lipinski definition) is 2. The molecule has 0 saturated carbocycles. The molecule has 1 rings (SSSR count). The molecule has 1 aromatic rings. The van der Waals surface area contributed by atoms with Crippen LogP contribution in [0.4, 0.5) is 5.69 Å². The van der Waals surface area contributed by atoms with Gasteiger partial charge in [-0.3, -0.25) is 0 Å². The van der Waals surface area contributed by atoms with Crippen LogP contribution >= 0.6 is 15.9 Å². The number of halogens is 1. The smallest absolute Gasteiger partial charge is 0.134 e. The van der Waals surface area contributed by atoms with Gasteiger partial charge in [0.2, 0.25) is 0 Å². The average molecular weight is 272 g/mol. The van der Waals surface area contributed by atoms with Crippen molar-refractivity contribution in [3.8, 4) is 5.75 Å². The third-order valence-electron chi connectivity index (χ3n) is 2.09. The van der Waals surface area contributed by atoms with E-state index in [1.165, 1.54) is 0 Å². The molecule has 2 nitrogen and oxygen atoms in total. The molecule has 0 aliphatic carbocycles. The summed E-state index contributed by atoms with van der Waals surface area (Å²) in [5.41, 5.74) is 6.39. The highest BCUT2D eigenvalue weighted by molar-refractivity contribution is 9.10. The van der Waals surface area contributed by atoms with Crippen molar-refractivity contribution < 1.29 is 4.74 Å². The fourth-order valence-corrected chi connectivity index (χ4v) is 2.03. The fourth-order valence-electron chi connectivity index (χ4n) is 1.54. The zero-order chi connectivity index (χ0) is 11.4. The van der Waals surface area contributed by atoms with Gasteiger partial charge < -0.3 is 10.5 Å². The zero-order valence-corrected chi connectivity index (χ0v) is 11.0. The predicted molar refractivity (Wildman–Crippen MR) is 68.1 cm³/mol. The lowest BCUT2D eigenvalue weighted by Gasteiger charge is -2.17. The molecule has 0 fully saturated rings. The van der Waals surface area contributed by atoms with Gasteiger partial charge >= 0.3 is 0 Å². The number of hydrogen-bond donors (Lipinski definition) is 1. The predicted octanol–water partition coefficient (Wildman–Crippen LogP) is 3.84. The molecule has 0 bridgehead atoms. The van der Waals surface area contributed by atoms with Crippen LogP contribution in [0.1, 0.15) is 27.2 Å². The summed E-state index contributed by atoms with van der Waals surface area (Å²) in [6.45, 7) is 6.47. The fraction of sp³-hybridized carbons (Fsp3) is 0.500. The van der Waals surface area contributed by atoms with Crippen LogP contribution in [0.5, 0.6) is 5.75 Å². The number of benzene rings is 1. The summed E-state index contributed by atoms with van der Waals surface area (Å²) in [7, 11) is 0. The molecule has 0 aliphatic heterocycles. The molecule has 0 amide bonds. The lowest BCUT2D eigenvalue weighted by Crippen LogP contribution is -2.14. The highest BCUT2D eigenvalue weighted by Crippen LogP contribution is 2.28. The van der Waals surface area contributed by atoms with Crippen molar-refractivity contribution in [3.05, 3.63) is 22.7 Å². The highest BCUT2D eigenvalue weighted by Gasteiger charge is 2.09. The second kappa shape index (κ2) is 5.40. The van der Waals surface area contributed by atoms with Crippen LogP contribution in [0.15, 0.2) is 22.7 Å². The summed E-state index contributed by atoms with van der Waals surface area (Å²) in [6.07, 6.45) is 1.28. The van der Waals surface area contributed by atoms with Gasteiger partial charge in [0, 0.05) is 5.69 Å². The molecule has 1 unspecified atom stereocenters. The first-order valence-corrected chi connectivity index (χ1v) is 6.00. The van der Waals surface area contributed by atoms with Gasteiger partial charge in [-0.15, -0.1) is 0 Å². The molecule has 3 heteroatoms. The number of nitrogens with two attached hydrogens (primary N) is 1. The second-order valence-corrected chi connectivity index (χ2v) is 5.10. The van der Waals surface area contributed by atoms with Gasteiger partial charge in [0.15, 0.2) is 0 Å². The maximum atomic E-state index is 5.81. The minimum Gasteiger partial charge on any atom is -0.490 e. The third-order valence-corrected chi connectivity index (χ3v) is 2.71. The van der Waals surface area contributed by atoms with E-state index in [9.17, 15) is 0 Å². The topological polar surface area (TPSA) is 35.2 Å². The summed E-state index contributed by atoms with van der Waals surface area (Å²) in [5, 5.41) is 0. The third kappa shape index (κ3) is 4.12. The Bertz CT molecular complexity index is 325. The van der Waals surface area contributed by atoms with E-state index in [1.807, 2.05) is 18.2 Å². The molecular weight excluding hydrogens is 254 g/mol. The first-order chi connectivity index (χ1) is 6.99. The van der Waals surface area contributed by atoms with E-state index in [0.29, 0.717) is 5.92 Å². The average Bonchev–Trinajstić information content (AvgIpc) is 2.08. The lowest BCUT2D eigenvalue weighted by atomic mass is 10.1. The minimum atomic E-state index is 0.227. The van der Waals surface area contributed by atoms with Crippen LogP contribution in [0, 0.1) is 5.92 Å². The van der Waals surface area contributed by atoms with Gasteiger partial charge in [0.05, 0.1) is 10.6 Å². The van der Waals surface area contributed by atoms with Crippen LogP contribution in [0.2, 0.25) is 0 Å². The van der Waals surface area contributed by atoms with Crippen molar-refractivity contribution in [1.29, 1.82) is 0 Å². The van der Waals surface area contributed by atoms with Crippen LogP contribution in [0.25, 0.3) is 0 Å². The Morgan fingerprint density at radius 3 is 2.53 bits per heavy atom.